The highest BCUT2D eigenvalue weighted by molar-refractivity contribution is 6.12. The normalized spacial score (nSPS) is 12.6. The molecule has 0 aliphatic heterocycles. The van der Waals surface area contributed by atoms with Crippen LogP contribution in [0.5, 0.6) is 0 Å². The molecule has 0 amide bonds. The van der Waals surface area contributed by atoms with Crippen molar-refractivity contribution in [2.45, 2.75) is 5.41 Å². The fourth-order valence-corrected chi connectivity index (χ4v) is 9.80. The molecule has 1 aliphatic carbocycles. The van der Waals surface area contributed by atoms with E-state index in [4.69, 9.17) is 14.4 Å². The third kappa shape index (κ3) is 5.74. The molecule has 12 rings (SSSR count). The predicted molar refractivity (Wildman–Crippen MR) is 254 cm³/mol. The number of hydrogen-bond donors (Lipinski definition) is 0. The van der Waals surface area contributed by atoms with Crippen molar-refractivity contribution in [1.82, 2.24) is 9.97 Å². The molecule has 62 heavy (non-hydrogen) atoms. The number of furan rings is 1. The summed E-state index contributed by atoms with van der Waals surface area (Å²) in [7, 11) is 0. The summed E-state index contributed by atoms with van der Waals surface area (Å²) in [5, 5.41) is 2.26. The van der Waals surface area contributed by atoms with Gasteiger partial charge in [-0.05, 0) is 92.0 Å². The SMILES string of the molecule is c1ccc(-c2nc(-c3cccc(-c4cccc(-c5cccc6oc7ccccc7c56)c4)c3)cc(-c3ccc4c(c3)C(c3ccccc3)(c3ccccc3)c3ccccc3-4)n2)cc1. The van der Waals surface area contributed by atoms with E-state index in [-0.39, 0.29) is 0 Å². The summed E-state index contributed by atoms with van der Waals surface area (Å²) in [5.41, 5.74) is 18.1. The zero-order valence-corrected chi connectivity index (χ0v) is 33.7. The average Bonchev–Trinajstić information content (AvgIpc) is 3.89. The van der Waals surface area contributed by atoms with E-state index in [1.165, 1.54) is 33.4 Å². The number of para-hydroxylation sites is 1. The third-order valence-corrected chi connectivity index (χ3v) is 12.6. The fourth-order valence-electron chi connectivity index (χ4n) is 9.80. The Morgan fingerprint density at radius 2 is 0.839 bits per heavy atom. The van der Waals surface area contributed by atoms with Crippen LogP contribution in [-0.4, -0.2) is 9.97 Å². The predicted octanol–water partition coefficient (Wildman–Crippen LogP) is 15.1. The quantitative estimate of drug-likeness (QED) is 0.161. The van der Waals surface area contributed by atoms with Gasteiger partial charge >= 0.3 is 0 Å². The van der Waals surface area contributed by atoms with Crippen LogP contribution in [0.1, 0.15) is 22.3 Å². The lowest BCUT2D eigenvalue weighted by atomic mass is 9.67. The molecule has 0 radical (unpaired) electrons. The molecule has 0 fully saturated rings. The summed E-state index contributed by atoms with van der Waals surface area (Å²) in [4.78, 5) is 10.6. The van der Waals surface area contributed by atoms with Crippen LogP contribution in [0.15, 0.2) is 235 Å². The van der Waals surface area contributed by atoms with Crippen LogP contribution in [-0.2, 0) is 5.41 Å². The molecular weight excluding hydrogens is 753 g/mol. The molecular formula is C59H38N2O. The monoisotopic (exact) mass is 790 g/mol. The Labute approximate surface area is 360 Å². The van der Waals surface area contributed by atoms with Crippen molar-refractivity contribution in [3.63, 3.8) is 0 Å². The van der Waals surface area contributed by atoms with Crippen molar-refractivity contribution < 1.29 is 4.42 Å². The highest BCUT2D eigenvalue weighted by atomic mass is 16.3. The summed E-state index contributed by atoms with van der Waals surface area (Å²) < 4.78 is 6.25. The Morgan fingerprint density at radius 1 is 0.323 bits per heavy atom. The third-order valence-electron chi connectivity index (χ3n) is 12.6. The Balaban J connectivity index is 1.01. The molecule has 0 saturated carbocycles. The summed E-state index contributed by atoms with van der Waals surface area (Å²) in [5.74, 6) is 0.687. The molecule has 1 aliphatic rings. The first-order valence-electron chi connectivity index (χ1n) is 21.1. The van der Waals surface area contributed by atoms with Gasteiger partial charge in [0.25, 0.3) is 0 Å². The molecule has 11 aromatic rings. The zero-order valence-electron chi connectivity index (χ0n) is 33.7. The van der Waals surface area contributed by atoms with E-state index in [1.807, 2.05) is 30.3 Å². The Morgan fingerprint density at radius 3 is 1.58 bits per heavy atom. The number of fused-ring (bicyclic) bond motifs is 6. The highest BCUT2D eigenvalue weighted by Crippen LogP contribution is 2.56. The molecule has 2 heterocycles. The van der Waals surface area contributed by atoms with Crippen LogP contribution in [0.25, 0.3) is 89.2 Å². The Bertz CT molecular complexity index is 3420. The number of rotatable bonds is 7. The molecule has 2 aromatic heterocycles. The van der Waals surface area contributed by atoms with Crippen molar-refractivity contribution >= 4 is 21.9 Å². The van der Waals surface area contributed by atoms with Gasteiger partial charge in [-0.25, -0.2) is 9.97 Å². The molecule has 290 valence electrons. The van der Waals surface area contributed by atoms with E-state index in [9.17, 15) is 0 Å². The zero-order chi connectivity index (χ0) is 41.0. The van der Waals surface area contributed by atoms with E-state index >= 15 is 0 Å². The van der Waals surface area contributed by atoms with E-state index < -0.39 is 5.41 Å². The molecule has 0 N–H and O–H groups in total. The van der Waals surface area contributed by atoms with Gasteiger partial charge in [0.15, 0.2) is 5.82 Å². The molecule has 0 saturated heterocycles. The largest absolute Gasteiger partial charge is 0.456 e. The first kappa shape index (κ1) is 35.8. The molecule has 0 atom stereocenters. The van der Waals surface area contributed by atoms with Crippen molar-refractivity contribution in [2.24, 2.45) is 0 Å². The molecule has 9 aromatic carbocycles. The maximum absolute atomic E-state index is 6.25. The van der Waals surface area contributed by atoms with Crippen molar-refractivity contribution in [1.29, 1.82) is 0 Å². The standard InChI is InChI=1S/C59H38N2O/c1-4-17-39(18-5-1)58-60-53(43-22-15-20-41(36-43)40-19-14-21-42(35-40)47-29-16-32-56-57(47)50-28-11-13-31-55(50)62-56)38-54(61-58)44-33-34-49-48-27-10-12-30-51(48)59(52(49)37-44,45-23-6-2-7-24-45)46-25-8-3-9-26-46/h1-38H. The van der Waals surface area contributed by atoms with E-state index in [2.05, 4.69) is 200 Å². The highest BCUT2D eigenvalue weighted by Gasteiger charge is 2.46. The van der Waals surface area contributed by atoms with Gasteiger partial charge in [0.05, 0.1) is 16.8 Å². The van der Waals surface area contributed by atoms with E-state index in [0.717, 1.165) is 72.3 Å². The minimum atomic E-state index is -0.512. The van der Waals surface area contributed by atoms with E-state index in [0.29, 0.717) is 5.82 Å². The minimum Gasteiger partial charge on any atom is -0.456 e. The molecule has 0 bridgehead atoms. The molecule has 0 spiro atoms. The van der Waals surface area contributed by atoms with Gasteiger partial charge in [0, 0.05) is 27.5 Å². The maximum Gasteiger partial charge on any atom is 0.160 e. The van der Waals surface area contributed by atoms with Gasteiger partial charge in [-0.3, -0.25) is 0 Å². The van der Waals surface area contributed by atoms with Crippen molar-refractivity contribution in [3.8, 4) is 67.3 Å². The lowest BCUT2D eigenvalue weighted by molar-refractivity contribution is 0.669. The molecule has 3 nitrogen and oxygen atoms in total. The second-order valence-electron chi connectivity index (χ2n) is 16.1. The van der Waals surface area contributed by atoms with Crippen molar-refractivity contribution in [2.75, 3.05) is 0 Å². The van der Waals surface area contributed by atoms with Gasteiger partial charge < -0.3 is 4.42 Å². The lowest BCUT2D eigenvalue weighted by Gasteiger charge is -2.34. The smallest absolute Gasteiger partial charge is 0.160 e. The summed E-state index contributed by atoms with van der Waals surface area (Å²) in [6, 6.07) is 82.2. The second kappa shape index (κ2) is 14.5. The Hall–Kier alpha value is -8.14. The molecule has 3 heteroatoms. The Kier molecular flexibility index (Phi) is 8.39. The fraction of sp³-hybridized carbons (Fsp3) is 0.0169. The first-order chi connectivity index (χ1) is 30.7. The maximum atomic E-state index is 6.25. The first-order valence-corrected chi connectivity index (χ1v) is 21.1. The number of benzene rings is 9. The average molecular weight is 791 g/mol. The molecule has 0 unspecified atom stereocenters. The van der Waals surface area contributed by atoms with Gasteiger partial charge in [-0.1, -0.05) is 194 Å². The van der Waals surface area contributed by atoms with Crippen LogP contribution in [0.4, 0.5) is 0 Å². The lowest BCUT2D eigenvalue weighted by Crippen LogP contribution is -2.28. The van der Waals surface area contributed by atoms with Gasteiger partial charge in [-0.15, -0.1) is 0 Å². The number of nitrogens with zero attached hydrogens (tertiary/aromatic N) is 2. The number of hydrogen-bond acceptors (Lipinski definition) is 3. The topological polar surface area (TPSA) is 38.9 Å². The van der Waals surface area contributed by atoms with Crippen LogP contribution in [0, 0.1) is 0 Å². The van der Waals surface area contributed by atoms with Crippen LogP contribution in [0.3, 0.4) is 0 Å². The van der Waals surface area contributed by atoms with Crippen LogP contribution < -0.4 is 0 Å². The second-order valence-corrected chi connectivity index (χ2v) is 16.1. The van der Waals surface area contributed by atoms with Gasteiger partial charge in [-0.2, -0.15) is 0 Å². The summed E-state index contributed by atoms with van der Waals surface area (Å²) in [6.45, 7) is 0. The van der Waals surface area contributed by atoms with Crippen LogP contribution in [0.2, 0.25) is 0 Å². The van der Waals surface area contributed by atoms with Gasteiger partial charge in [0.2, 0.25) is 0 Å². The number of aromatic nitrogens is 2. The van der Waals surface area contributed by atoms with Crippen LogP contribution >= 0.6 is 0 Å². The summed E-state index contributed by atoms with van der Waals surface area (Å²) >= 11 is 0. The van der Waals surface area contributed by atoms with Gasteiger partial charge in [0.1, 0.15) is 11.2 Å². The van der Waals surface area contributed by atoms with E-state index in [1.54, 1.807) is 0 Å². The van der Waals surface area contributed by atoms with Crippen molar-refractivity contribution in [3.05, 3.63) is 253 Å². The minimum absolute atomic E-state index is 0.512. The summed E-state index contributed by atoms with van der Waals surface area (Å²) in [6.07, 6.45) is 0.